The van der Waals surface area contributed by atoms with E-state index in [1.54, 1.807) is 6.07 Å². The molecule has 1 unspecified atom stereocenters. The second kappa shape index (κ2) is 4.52. The van der Waals surface area contributed by atoms with Gasteiger partial charge in [-0.05, 0) is 30.5 Å². The van der Waals surface area contributed by atoms with Gasteiger partial charge in [-0.15, -0.1) is 0 Å². The Kier molecular flexibility index (Phi) is 3.20. The molecule has 4 heteroatoms. The zero-order valence-electron chi connectivity index (χ0n) is 11.2. The predicted octanol–water partition coefficient (Wildman–Crippen LogP) is 3.62. The second-order valence-electron chi connectivity index (χ2n) is 5.62. The van der Waals surface area contributed by atoms with Crippen LogP contribution in [-0.2, 0) is 0 Å². The lowest BCUT2D eigenvalue weighted by atomic mass is 9.88. The summed E-state index contributed by atoms with van der Waals surface area (Å²) in [5, 5.41) is 4.05. The Morgan fingerprint density at radius 2 is 1.94 bits per heavy atom. The smallest absolute Gasteiger partial charge is 0.137 e. The summed E-state index contributed by atoms with van der Waals surface area (Å²) in [6.07, 6.45) is 1.50. The Labute approximate surface area is 106 Å². The number of nitrogens with one attached hydrogen (secondary N) is 1. The molecule has 0 bridgehead atoms. The number of hydrogen-bond acceptors (Lipinski definition) is 3. The summed E-state index contributed by atoms with van der Waals surface area (Å²) in [6.45, 7) is 8.53. The number of fused-ring (bicyclic) bond motifs is 1. The fraction of sp³-hybridized carbons (Fsp3) is 0.429. The van der Waals surface area contributed by atoms with Gasteiger partial charge in [0.05, 0.1) is 5.52 Å². The summed E-state index contributed by atoms with van der Waals surface area (Å²) in [5.74, 6) is 0.408. The van der Waals surface area contributed by atoms with E-state index in [0.717, 1.165) is 5.52 Å². The molecule has 0 spiro atoms. The third-order valence-corrected chi connectivity index (χ3v) is 3.25. The number of nitrogens with zero attached hydrogens (tertiary/aromatic N) is 2. The molecule has 96 valence electrons. The molecule has 1 N–H and O–H groups in total. The monoisotopic (exact) mass is 247 g/mol. The van der Waals surface area contributed by atoms with Crippen LogP contribution in [0, 0.1) is 11.2 Å². The van der Waals surface area contributed by atoms with Crippen molar-refractivity contribution in [1.29, 1.82) is 0 Å². The number of halogens is 1. The minimum absolute atomic E-state index is 0.102. The molecule has 18 heavy (non-hydrogen) atoms. The lowest BCUT2D eigenvalue weighted by molar-refractivity contribution is 0.359. The Morgan fingerprint density at radius 3 is 2.61 bits per heavy atom. The van der Waals surface area contributed by atoms with Crippen molar-refractivity contribution in [3.05, 3.63) is 30.3 Å². The maximum Gasteiger partial charge on any atom is 0.137 e. The zero-order valence-corrected chi connectivity index (χ0v) is 11.2. The van der Waals surface area contributed by atoms with Crippen molar-refractivity contribution in [2.75, 3.05) is 5.32 Å². The Bertz CT molecular complexity index is 560. The molecule has 0 saturated heterocycles. The van der Waals surface area contributed by atoms with E-state index in [9.17, 15) is 4.39 Å². The molecule has 1 heterocycles. The molecule has 0 amide bonds. The topological polar surface area (TPSA) is 37.8 Å². The van der Waals surface area contributed by atoms with Gasteiger partial charge in [0, 0.05) is 11.4 Å². The molecule has 3 nitrogen and oxygen atoms in total. The van der Waals surface area contributed by atoms with Crippen LogP contribution in [0.5, 0.6) is 0 Å². The number of aromatic nitrogens is 2. The molecule has 0 aliphatic rings. The van der Waals surface area contributed by atoms with Gasteiger partial charge in [-0.3, -0.25) is 0 Å². The normalized spacial score (nSPS) is 13.6. The first-order valence-corrected chi connectivity index (χ1v) is 6.05. The van der Waals surface area contributed by atoms with Crippen LogP contribution in [0.3, 0.4) is 0 Å². The van der Waals surface area contributed by atoms with Gasteiger partial charge in [-0.1, -0.05) is 20.8 Å². The van der Waals surface area contributed by atoms with Gasteiger partial charge in [-0.25, -0.2) is 14.4 Å². The van der Waals surface area contributed by atoms with Crippen LogP contribution in [0.1, 0.15) is 27.7 Å². The van der Waals surface area contributed by atoms with Crippen molar-refractivity contribution in [2.45, 2.75) is 33.7 Å². The van der Waals surface area contributed by atoms with E-state index in [4.69, 9.17) is 0 Å². The standard InChI is InChI=1S/C14H18FN3/c1-9(14(2,3)4)18-13-11-7-10(15)5-6-12(11)16-8-17-13/h5-9H,1-4H3,(H,16,17,18). The van der Waals surface area contributed by atoms with Crippen LogP contribution in [-0.4, -0.2) is 16.0 Å². The van der Waals surface area contributed by atoms with Crippen LogP contribution in [0.25, 0.3) is 10.9 Å². The van der Waals surface area contributed by atoms with Gasteiger partial charge in [0.2, 0.25) is 0 Å². The molecule has 1 aromatic carbocycles. The molecule has 0 fully saturated rings. The molecule has 2 aromatic rings. The number of rotatable bonds is 2. The molecular weight excluding hydrogens is 229 g/mol. The molecule has 1 aromatic heterocycles. The Morgan fingerprint density at radius 1 is 1.22 bits per heavy atom. The maximum absolute atomic E-state index is 13.3. The first-order chi connectivity index (χ1) is 8.38. The summed E-state index contributed by atoms with van der Waals surface area (Å²) < 4.78 is 13.3. The minimum atomic E-state index is -0.274. The van der Waals surface area contributed by atoms with Crippen molar-refractivity contribution in [1.82, 2.24) is 9.97 Å². The molecule has 0 aliphatic carbocycles. The van der Waals surface area contributed by atoms with Gasteiger partial charge in [0.15, 0.2) is 0 Å². The summed E-state index contributed by atoms with van der Waals surface area (Å²) in [7, 11) is 0. The van der Waals surface area contributed by atoms with E-state index in [0.29, 0.717) is 11.2 Å². The highest BCUT2D eigenvalue weighted by molar-refractivity contribution is 5.88. The third kappa shape index (κ3) is 2.58. The predicted molar refractivity (Wildman–Crippen MR) is 72.0 cm³/mol. The van der Waals surface area contributed by atoms with Gasteiger partial charge < -0.3 is 5.32 Å². The van der Waals surface area contributed by atoms with E-state index in [1.807, 2.05) is 0 Å². The van der Waals surface area contributed by atoms with Crippen molar-refractivity contribution >= 4 is 16.7 Å². The van der Waals surface area contributed by atoms with Crippen LogP contribution in [0.2, 0.25) is 0 Å². The van der Waals surface area contributed by atoms with Gasteiger partial charge >= 0.3 is 0 Å². The fourth-order valence-electron chi connectivity index (χ4n) is 1.57. The molecule has 1 atom stereocenters. The molecular formula is C14H18FN3. The third-order valence-electron chi connectivity index (χ3n) is 3.25. The number of anilines is 1. The fourth-order valence-corrected chi connectivity index (χ4v) is 1.57. The number of benzene rings is 1. The van der Waals surface area contributed by atoms with Crippen molar-refractivity contribution in [3.8, 4) is 0 Å². The van der Waals surface area contributed by atoms with Crippen LogP contribution in [0.15, 0.2) is 24.5 Å². The average Bonchev–Trinajstić information content (AvgIpc) is 2.28. The summed E-state index contributed by atoms with van der Waals surface area (Å²) in [5.41, 5.74) is 0.847. The van der Waals surface area contributed by atoms with Crippen LogP contribution in [0.4, 0.5) is 10.2 Å². The molecule has 0 radical (unpaired) electrons. The first kappa shape index (κ1) is 12.7. The highest BCUT2D eigenvalue weighted by Gasteiger charge is 2.20. The Balaban J connectivity index is 2.42. The van der Waals surface area contributed by atoms with E-state index in [-0.39, 0.29) is 17.3 Å². The number of hydrogen-bond donors (Lipinski definition) is 1. The quantitative estimate of drug-likeness (QED) is 0.880. The summed E-state index contributed by atoms with van der Waals surface area (Å²) in [4.78, 5) is 8.35. The molecule has 2 rings (SSSR count). The maximum atomic E-state index is 13.3. The highest BCUT2D eigenvalue weighted by atomic mass is 19.1. The molecule has 0 saturated carbocycles. The molecule has 0 aliphatic heterocycles. The van der Waals surface area contributed by atoms with E-state index >= 15 is 0 Å². The van der Waals surface area contributed by atoms with Gasteiger partial charge in [0.1, 0.15) is 18.0 Å². The lowest BCUT2D eigenvalue weighted by Crippen LogP contribution is -2.31. The average molecular weight is 247 g/mol. The van der Waals surface area contributed by atoms with E-state index in [2.05, 4.69) is 43.0 Å². The Hall–Kier alpha value is -1.71. The lowest BCUT2D eigenvalue weighted by Gasteiger charge is -2.28. The van der Waals surface area contributed by atoms with Crippen molar-refractivity contribution in [2.24, 2.45) is 5.41 Å². The SMILES string of the molecule is CC(Nc1ncnc2ccc(F)cc12)C(C)(C)C. The van der Waals surface area contributed by atoms with Gasteiger partial charge in [-0.2, -0.15) is 0 Å². The van der Waals surface area contributed by atoms with Crippen LogP contribution < -0.4 is 5.32 Å². The van der Waals surface area contributed by atoms with Gasteiger partial charge in [0.25, 0.3) is 0 Å². The van der Waals surface area contributed by atoms with E-state index in [1.165, 1.54) is 18.5 Å². The van der Waals surface area contributed by atoms with Crippen LogP contribution >= 0.6 is 0 Å². The first-order valence-electron chi connectivity index (χ1n) is 6.05. The highest BCUT2D eigenvalue weighted by Crippen LogP contribution is 2.25. The van der Waals surface area contributed by atoms with Crippen molar-refractivity contribution in [3.63, 3.8) is 0 Å². The second-order valence-corrected chi connectivity index (χ2v) is 5.62. The summed E-state index contributed by atoms with van der Waals surface area (Å²) >= 11 is 0. The van der Waals surface area contributed by atoms with Crippen molar-refractivity contribution < 1.29 is 4.39 Å². The summed E-state index contributed by atoms with van der Waals surface area (Å²) in [6, 6.07) is 4.76. The minimum Gasteiger partial charge on any atom is -0.366 e. The van der Waals surface area contributed by atoms with E-state index < -0.39 is 0 Å². The largest absolute Gasteiger partial charge is 0.366 e. The zero-order chi connectivity index (χ0) is 13.3.